The molecule has 0 fully saturated rings. The molecular formula is C8H14ClN3S. The van der Waals surface area contributed by atoms with E-state index in [1.807, 2.05) is 0 Å². The highest BCUT2D eigenvalue weighted by Crippen LogP contribution is 2.11. The van der Waals surface area contributed by atoms with Gasteiger partial charge in [0.25, 0.3) is 0 Å². The SMILES string of the molecule is CCc1nsc(NCCCCCl)n1. The van der Waals surface area contributed by atoms with Gasteiger partial charge in [0.2, 0.25) is 5.13 Å². The van der Waals surface area contributed by atoms with Crippen molar-refractivity contribution in [3.05, 3.63) is 5.82 Å². The maximum absolute atomic E-state index is 5.56. The monoisotopic (exact) mass is 219 g/mol. The highest BCUT2D eigenvalue weighted by Gasteiger charge is 1.99. The van der Waals surface area contributed by atoms with Crippen molar-refractivity contribution in [3.63, 3.8) is 0 Å². The smallest absolute Gasteiger partial charge is 0.202 e. The fourth-order valence-electron chi connectivity index (χ4n) is 0.884. The number of unbranched alkanes of at least 4 members (excludes halogenated alkanes) is 1. The maximum Gasteiger partial charge on any atom is 0.202 e. The number of hydrogen-bond donors (Lipinski definition) is 1. The Balaban J connectivity index is 2.20. The first-order valence-electron chi connectivity index (χ1n) is 4.49. The Bertz CT molecular complexity index is 239. The van der Waals surface area contributed by atoms with Crippen LogP contribution < -0.4 is 5.32 Å². The van der Waals surface area contributed by atoms with E-state index in [1.54, 1.807) is 0 Å². The van der Waals surface area contributed by atoms with E-state index < -0.39 is 0 Å². The lowest BCUT2D eigenvalue weighted by Gasteiger charge is -1.98. The first kappa shape index (κ1) is 10.7. The van der Waals surface area contributed by atoms with Gasteiger partial charge in [-0.05, 0) is 12.8 Å². The second-order valence-corrected chi connectivity index (χ2v) is 3.82. The van der Waals surface area contributed by atoms with Crippen LogP contribution in [0.1, 0.15) is 25.6 Å². The molecule has 0 aliphatic heterocycles. The zero-order valence-electron chi connectivity index (χ0n) is 7.72. The molecule has 1 aromatic heterocycles. The van der Waals surface area contributed by atoms with Crippen molar-refractivity contribution in [1.29, 1.82) is 0 Å². The Kier molecular flexibility index (Phi) is 5.08. The van der Waals surface area contributed by atoms with Gasteiger partial charge < -0.3 is 5.32 Å². The normalized spacial score (nSPS) is 10.3. The first-order valence-corrected chi connectivity index (χ1v) is 5.80. The number of nitrogens with zero attached hydrogens (tertiary/aromatic N) is 2. The minimum atomic E-state index is 0.734. The van der Waals surface area contributed by atoms with Gasteiger partial charge in [0, 0.05) is 30.4 Å². The molecule has 0 saturated carbocycles. The molecule has 0 aliphatic rings. The predicted octanol–water partition coefficient (Wildman–Crippen LogP) is 2.53. The number of nitrogens with one attached hydrogen (secondary N) is 1. The van der Waals surface area contributed by atoms with Crippen molar-refractivity contribution in [2.24, 2.45) is 0 Å². The predicted molar refractivity (Wildman–Crippen MR) is 57.7 cm³/mol. The summed E-state index contributed by atoms with van der Waals surface area (Å²) in [6.45, 7) is 2.99. The van der Waals surface area contributed by atoms with Crippen LogP contribution in [-0.4, -0.2) is 21.8 Å². The molecule has 3 nitrogen and oxygen atoms in total. The van der Waals surface area contributed by atoms with Gasteiger partial charge in [-0.1, -0.05) is 6.92 Å². The standard InChI is InChI=1S/C8H14ClN3S/c1-2-7-11-8(13-12-7)10-6-4-3-5-9/h2-6H2,1H3,(H,10,11,12). The van der Waals surface area contributed by atoms with E-state index in [9.17, 15) is 0 Å². The summed E-state index contributed by atoms with van der Waals surface area (Å²) in [5.41, 5.74) is 0. The van der Waals surface area contributed by atoms with E-state index in [0.717, 1.165) is 42.6 Å². The zero-order valence-corrected chi connectivity index (χ0v) is 9.29. The van der Waals surface area contributed by atoms with Gasteiger partial charge in [-0.25, -0.2) is 4.98 Å². The van der Waals surface area contributed by atoms with Crippen molar-refractivity contribution in [2.75, 3.05) is 17.7 Å². The van der Waals surface area contributed by atoms with Gasteiger partial charge in [0.1, 0.15) is 5.82 Å². The van der Waals surface area contributed by atoms with E-state index in [1.165, 1.54) is 11.5 Å². The molecular weight excluding hydrogens is 206 g/mol. The molecule has 74 valence electrons. The number of aromatic nitrogens is 2. The van der Waals surface area contributed by atoms with Gasteiger partial charge in [0.05, 0.1) is 0 Å². The van der Waals surface area contributed by atoms with Crippen LogP contribution in [0.25, 0.3) is 0 Å². The highest BCUT2D eigenvalue weighted by molar-refractivity contribution is 7.09. The Hall–Kier alpha value is -0.350. The summed E-state index contributed by atoms with van der Waals surface area (Å²) < 4.78 is 4.18. The molecule has 0 amide bonds. The van der Waals surface area contributed by atoms with Crippen LogP contribution in [0.2, 0.25) is 0 Å². The van der Waals surface area contributed by atoms with E-state index in [4.69, 9.17) is 11.6 Å². The zero-order chi connectivity index (χ0) is 9.52. The third-order valence-electron chi connectivity index (χ3n) is 1.62. The second kappa shape index (κ2) is 6.16. The van der Waals surface area contributed by atoms with E-state index in [2.05, 4.69) is 21.6 Å². The molecule has 0 atom stereocenters. The molecule has 0 aromatic carbocycles. The van der Waals surface area contributed by atoms with Crippen LogP contribution >= 0.6 is 23.1 Å². The van der Waals surface area contributed by atoms with Crippen LogP contribution in [0.3, 0.4) is 0 Å². The van der Waals surface area contributed by atoms with E-state index in [0.29, 0.717) is 0 Å². The molecule has 13 heavy (non-hydrogen) atoms. The first-order chi connectivity index (χ1) is 6.36. The van der Waals surface area contributed by atoms with Crippen LogP contribution in [0.5, 0.6) is 0 Å². The van der Waals surface area contributed by atoms with Gasteiger partial charge >= 0.3 is 0 Å². The van der Waals surface area contributed by atoms with Crippen LogP contribution in [0.4, 0.5) is 5.13 Å². The van der Waals surface area contributed by atoms with Crippen LogP contribution in [0, 0.1) is 0 Å². The average Bonchev–Trinajstić information content (AvgIpc) is 2.60. The molecule has 0 aliphatic carbocycles. The summed E-state index contributed by atoms with van der Waals surface area (Å²) in [5.74, 6) is 1.66. The second-order valence-electron chi connectivity index (χ2n) is 2.69. The Morgan fingerprint density at radius 1 is 1.46 bits per heavy atom. The summed E-state index contributed by atoms with van der Waals surface area (Å²) in [7, 11) is 0. The molecule has 1 rings (SSSR count). The quantitative estimate of drug-likeness (QED) is 0.590. The molecule has 1 heterocycles. The van der Waals surface area contributed by atoms with Gasteiger partial charge in [0.15, 0.2) is 0 Å². The third kappa shape index (κ3) is 3.91. The number of anilines is 1. The molecule has 0 spiro atoms. The lowest BCUT2D eigenvalue weighted by atomic mass is 10.3. The van der Waals surface area contributed by atoms with Gasteiger partial charge in [-0.3, -0.25) is 0 Å². The van der Waals surface area contributed by atoms with Crippen molar-refractivity contribution in [1.82, 2.24) is 9.36 Å². The molecule has 1 N–H and O–H groups in total. The lowest BCUT2D eigenvalue weighted by molar-refractivity contribution is 0.837. The van der Waals surface area contributed by atoms with Crippen molar-refractivity contribution >= 4 is 28.3 Å². The van der Waals surface area contributed by atoms with Crippen molar-refractivity contribution < 1.29 is 0 Å². The number of rotatable bonds is 6. The van der Waals surface area contributed by atoms with Crippen molar-refractivity contribution in [3.8, 4) is 0 Å². The molecule has 0 saturated heterocycles. The fraction of sp³-hybridized carbons (Fsp3) is 0.750. The summed E-state index contributed by atoms with van der Waals surface area (Å²) in [5, 5.41) is 4.14. The minimum Gasteiger partial charge on any atom is -0.360 e. The molecule has 0 unspecified atom stereocenters. The van der Waals surface area contributed by atoms with Crippen LogP contribution in [0.15, 0.2) is 0 Å². The summed E-state index contributed by atoms with van der Waals surface area (Å²) >= 11 is 6.98. The molecule has 0 bridgehead atoms. The van der Waals surface area contributed by atoms with E-state index in [-0.39, 0.29) is 0 Å². The molecule has 5 heteroatoms. The summed E-state index contributed by atoms with van der Waals surface area (Å²) in [6.07, 6.45) is 3.04. The largest absolute Gasteiger partial charge is 0.360 e. The summed E-state index contributed by atoms with van der Waals surface area (Å²) in [6, 6.07) is 0. The number of halogens is 1. The summed E-state index contributed by atoms with van der Waals surface area (Å²) in [4.78, 5) is 4.29. The minimum absolute atomic E-state index is 0.734. The maximum atomic E-state index is 5.56. The number of alkyl halides is 1. The van der Waals surface area contributed by atoms with Gasteiger partial charge in [-0.2, -0.15) is 4.37 Å². The Morgan fingerprint density at radius 2 is 2.31 bits per heavy atom. The highest BCUT2D eigenvalue weighted by atomic mass is 35.5. The topological polar surface area (TPSA) is 37.8 Å². The number of aryl methyl sites for hydroxylation is 1. The van der Waals surface area contributed by atoms with Gasteiger partial charge in [-0.15, -0.1) is 11.6 Å². The average molecular weight is 220 g/mol. The third-order valence-corrected chi connectivity index (χ3v) is 2.60. The van der Waals surface area contributed by atoms with E-state index >= 15 is 0 Å². The number of hydrogen-bond acceptors (Lipinski definition) is 4. The lowest BCUT2D eigenvalue weighted by Crippen LogP contribution is -2.01. The van der Waals surface area contributed by atoms with Crippen molar-refractivity contribution in [2.45, 2.75) is 26.2 Å². The Morgan fingerprint density at radius 3 is 2.92 bits per heavy atom. The fourth-order valence-corrected chi connectivity index (χ4v) is 1.75. The Labute approximate surface area is 87.7 Å². The molecule has 0 radical (unpaired) electrons. The molecule has 1 aromatic rings. The van der Waals surface area contributed by atoms with Crippen LogP contribution in [-0.2, 0) is 6.42 Å².